The van der Waals surface area contributed by atoms with Crippen LogP contribution >= 0.6 is 35.6 Å². The van der Waals surface area contributed by atoms with Crippen molar-refractivity contribution < 1.29 is 4.74 Å². The van der Waals surface area contributed by atoms with Gasteiger partial charge in [-0.25, -0.2) is 0 Å². The summed E-state index contributed by atoms with van der Waals surface area (Å²) in [4.78, 5) is 0. The summed E-state index contributed by atoms with van der Waals surface area (Å²) in [6.07, 6.45) is 2.64. The fourth-order valence-corrected chi connectivity index (χ4v) is 2.16. The highest BCUT2D eigenvalue weighted by atomic mass is 35.5. The van der Waals surface area contributed by atoms with Crippen LogP contribution in [0.5, 0.6) is 5.75 Å². The average molecular weight is 313 g/mol. The first kappa shape index (κ1) is 17.8. The predicted octanol–water partition coefficient (Wildman–Crippen LogP) is 4.48. The summed E-state index contributed by atoms with van der Waals surface area (Å²) >= 11 is 12.3. The van der Waals surface area contributed by atoms with Gasteiger partial charge in [-0.2, -0.15) is 0 Å². The molecule has 5 heteroatoms. The second-order valence-electron chi connectivity index (χ2n) is 4.11. The van der Waals surface area contributed by atoms with E-state index in [1.54, 1.807) is 0 Å². The third-order valence-electron chi connectivity index (χ3n) is 2.53. The number of ether oxygens (including phenoxy) is 1. The number of hydrogen-bond acceptors (Lipinski definition) is 2. The van der Waals surface area contributed by atoms with Crippen LogP contribution < -0.4 is 10.5 Å². The van der Waals surface area contributed by atoms with Crippen LogP contribution in [0, 0.1) is 0 Å². The van der Waals surface area contributed by atoms with Gasteiger partial charge in [0.15, 0.2) is 5.75 Å². The Balaban J connectivity index is 0.00000289. The molecule has 0 radical (unpaired) electrons. The fraction of sp³-hybridized carbons (Fsp3) is 0.538. The molecular formula is C13H20Cl3NO. The Morgan fingerprint density at radius 3 is 2.22 bits per heavy atom. The molecule has 0 aliphatic carbocycles. The van der Waals surface area contributed by atoms with Crippen LogP contribution in [0.25, 0.3) is 0 Å². The van der Waals surface area contributed by atoms with Crippen molar-refractivity contribution >= 4 is 35.6 Å². The molecule has 2 N–H and O–H groups in total. The van der Waals surface area contributed by atoms with E-state index in [1.165, 1.54) is 0 Å². The molecule has 0 spiro atoms. The van der Waals surface area contributed by atoms with Crippen molar-refractivity contribution in [2.75, 3.05) is 6.61 Å². The third-order valence-corrected chi connectivity index (χ3v) is 3.09. The molecule has 1 aromatic rings. The summed E-state index contributed by atoms with van der Waals surface area (Å²) in [5.41, 5.74) is 6.96. The highest BCUT2D eigenvalue weighted by Crippen LogP contribution is 2.34. The maximum Gasteiger partial charge on any atom is 0.156 e. The van der Waals surface area contributed by atoms with Gasteiger partial charge in [-0.15, -0.1) is 12.4 Å². The molecule has 0 heterocycles. The lowest BCUT2D eigenvalue weighted by Crippen LogP contribution is -2.21. The fourth-order valence-electron chi connectivity index (χ4n) is 1.52. The average Bonchev–Trinajstić information content (AvgIpc) is 2.28. The van der Waals surface area contributed by atoms with Gasteiger partial charge in [0.25, 0.3) is 0 Å². The van der Waals surface area contributed by atoms with Crippen LogP contribution in [0.3, 0.4) is 0 Å². The Hall–Kier alpha value is -0.150. The number of halogens is 3. The summed E-state index contributed by atoms with van der Waals surface area (Å²) in [6.45, 7) is 4.72. The van der Waals surface area contributed by atoms with E-state index in [4.69, 9.17) is 33.7 Å². The van der Waals surface area contributed by atoms with E-state index >= 15 is 0 Å². The van der Waals surface area contributed by atoms with Crippen molar-refractivity contribution in [3.8, 4) is 5.75 Å². The van der Waals surface area contributed by atoms with E-state index in [2.05, 4.69) is 6.92 Å². The molecule has 2 nitrogen and oxygen atoms in total. The maximum atomic E-state index is 6.15. The van der Waals surface area contributed by atoms with E-state index in [1.807, 2.05) is 19.1 Å². The van der Waals surface area contributed by atoms with Crippen molar-refractivity contribution in [2.24, 2.45) is 5.73 Å². The Labute approximate surface area is 125 Å². The maximum absolute atomic E-state index is 6.15. The standard InChI is InChI=1S/C13H19Cl2NO.ClH/c1-3-5-17-13-11(14)7-9(8-12(13)15)6-10(16)4-2;/h7-8,10H,3-6,16H2,1-2H3;1H. The van der Waals surface area contributed by atoms with Crippen LogP contribution in [0.4, 0.5) is 0 Å². The molecule has 0 amide bonds. The zero-order valence-corrected chi connectivity index (χ0v) is 13.0. The summed E-state index contributed by atoms with van der Waals surface area (Å²) in [5, 5.41) is 1.12. The molecule has 0 aliphatic rings. The van der Waals surface area contributed by atoms with Crippen LogP contribution in [0.1, 0.15) is 32.3 Å². The molecule has 1 atom stereocenters. The number of benzene rings is 1. The highest BCUT2D eigenvalue weighted by molar-refractivity contribution is 6.37. The number of hydrogen-bond donors (Lipinski definition) is 1. The van der Waals surface area contributed by atoms with Gasteiger partial charge >= 0.3 is 0 Å². The van der Waals surface area contributed by atoms with E-state index in [0.29, 0.717) is 22.4 Å². The van der Waals surface area contributed by atoms with Gasteiger partial charge in [0.05, 0.1) is 16.7 Å². The van der Waals surface area contributed by atoms with Gasteiger partial charge < -0.3 is 10.5 Å². The zero-order chi connectivity index (χ0) is 12.8. The molecular weight excluding hydrogens is 293 g/mol. The van der Waals surface area contributed by atoms with Crippen LogP contribution in [0.2, 0.25) is 10.0 Å². The quantitative estimate of drug-likeness (QED) is 0.840. The Kier molecular flexibility index (Phi) is 8.79. The van der Waals surface area contributed by atoms with Gasteiger partial charge in [0.1, 0.15) is 0 Å². The van der Waals surface area contributed by atoms with Crippen molar-refractivity contribution in [3.63, 3.8) is 0 Å². The smallest absolute Gasteiger partial charge is 0.156 e. The predicted molar refractivity (Wildman–Crippen MR) is 81.5 cm³/mol. The number of nitrogens with two attached hydrogens (primary N) is 1. The van der Waals surface area contributed by atoms with Crippen molar-refractivity contribution in [3.05, 3.63) is 27.7 Å². The van der Waals surface area contributed by atoms with Gasteiger partial charge in [0, 0.05) is 6.04 Å². The van der Waals surface area contributed by atoms with Crippen LogP contribution in [-0.2, 0) is 6.42 Å². The van der Waals surface area contributed by atoms with Gasteiger partial charge in [-0.3, -0.25) is 0 Å². The van der Waals surface area contributed by atoms with Gasteiger partial charge in [-0.05, 0) is 37.0 Å². The van der Waals surface area contributed by atoms with E-state index in [-0.39, 0.29) is 18.4 Å². The molecule has 0 aliphatic heterocycles. The summed E-state index contributed by atoms with van der Waals surface area (Å²) < 4.78 is 5.51. The molecule has 0 saturated carbocycles. The molecule has 18 heavy (non-hydrogen) atoms. The van der Waals surface area contributed by atoms with Crippen molar-refractivity contribution in [1.82, 2.24) is 0 Å². The first-order valence-electron chi connectivity index (χ1n) is 5.94. The van der Waals surface area contributed by atoms with E-state index in [0.717, 1.165) is 24.8 Å². The van der Waals surface area contributed by atoms with Crippen molar-refractivity contribution in [1.29, 1.82) is 0 Å². The number of rotatable bonds is 6. The third kappa shape index (κ3) is 5.23. The highest BCUT2D eigenvalue weighted by Gasteiger charge is 2.11. The summed E-state index contributed by atoms with van der Waals surface area (Å²) in [7, 11) is 0. The first-order valence-corrected chi connectivity index (χ1v) is 6.70. The second kappa shape index (κ2) is 8.87. The lowest BCUT2D eigenvalue weighted by Gasteiger charge is -2.13. The van der Waals surface area contributed by atoms with Crippen LogP contribution in [0.15, 0.2) is 12.1 Å². The first-order chi connectivity index (χ1) is 8.08. The monoisotopic (exact) mass is 311 g/mol. The molecule has 1 rings (SSSR count). The minimum Gasteiger partial charge on any atom is -0.490 e. The molecule has 1 aromatic carbocycles. The topological polar surface area (TPSA) is 35.2 Å². The molecule has 0 fully saturated rings. The summed E-state index contributed by atoms with van der Waals surface area (Å²) in [6, 6.07) is 3.91. The van der Waals surface area contributed by atoms with Gasteiger partial charge in [-0.1, -0.05) is 37.0 Å². The van der Waals surface area contributed by atoms with Gasteiger partial charge in [0.2, 0.25) is 0 Å². The molecule has 0 bridgehead atoms. The molecule has 0 aromatic heterocycles. The molecule has 104 valence electrons. The SMILES string of the molecule is CCCOc1c(Cl)cc(CC(N)CC)cc1Cl.Cl. The molecule has 1 unspecified atom stereocenters. The van der Waals surface area contributed by atoms with E-state index < -0.39 is 0 Å². The van der Waals surface area contributed by atoms with E-state index in [9.17, 15) is 0 Å². The van der Waals surface area contributed by atoms with Crippen LogP contribution in [-0.4, -0.2) is 12.6 Å². The largest absolute Gasteiger partial charge is 0.490 e. The lowest BCUT2D eigenvalue weighted by molar-refractivity contribution is 0.317. The minimum atomic E-state index is 0. The lowest BCUT2D eigenvalue weighted by atomic mass is 10.0. The normalized spacial score (nSPS) is 11.8. The molecule has 0 saturated heterocycles. The zero-order valence-electron chi connectivity index (χ0n) is 10.7. The Bertz CT molecular complexity index is 348. The Morgan fingerprint density at radius 1 is 1.22 bits per heavy atom. The minimum absolute atomic E-state index is 0. The Morgan fingerprint density at radius 2 is 1.78 bits per heavy atom. The second-order valence-corrected chi connectivity index (χ2v) is 4.92. The van der Waals surface area contributed by atoms with Crippen molar-refractivity contribution in [2.45, 2.75) is 39.2 Å². The summed E-state index contributed by atoms with van der Waals surface area (Å²) in [5.74, 6) is 0.573.